The molecular weight excluding hydrogens is 231 g/mol. The largest absolute Gasteiger partial charge is 0.508 e. The quantitative estimate of drug-likeness (QED) is 0.790. The first kappa shape index (κ1) is 10.3. The van der Waals surface area contributed by atoms with Crippen LogP contribution >= 0.6 is 23.2 Å². The monoisotopic (exact) mass is 237 g/mol. The van der Waals surface area contributed by atoms with E-state index in [9.17, 15) is 5.11 Å². The van der Waals surface area contributed by atoms with E-state index in [4.69, 9.17) is 23.2 Å². The average Bonchev–Trinajstić information content (AvgIpc) is 2.22. The van der Waals surface area contributed by atoms with Gasteiger partial charge in [-0.3, -0.25) is 0 Å². The molecule has 0 unspecified atom stereocenters. The van der Waals surface area contributed by atoms with Gasteiger partial charge in [-0.05, 0) is 29.8 Å². The summed E-state index contributed by atoms with van der Waals surface area (Å²) in [5, 5.41) is 10.3. The van der Waals surface area contributed by atoms with Crippen molar-refractivity contribution in [3.63, 3.8) is 0 Å². The zero-order valence-electron chi connectivity index (χ0n) is 7.67. The third-order valence-electron chi connectivity index (χ3n) is 2.02. The molecule has 1 radical (unpaired) electrons. The van der Waals surface area contributed by atoms with Crippen LogP contribution in [0.2, 0.25) is 10.0 Å². The SMILES string of the molecule is Oc1cccc(-c2[c]ccc(Cl)c2Cl)c1. The van der Waals surface area contributed by atoms with Gasteiger partial charge < -0.3 is 5.11 Å². The van der Waals surface area contributed by atoms with Crippen molar-refractivity contribution in [1.29, 1.82) is 0 Å². The number of halogens is 2. The minimum absolute atomic E-state index is 0.192. The van der Waals surface area contributed by atoms with Crippen molar-refractivity contribution in [3.8, 4) is 16.9 Å². The van der Waals surface area contributed by atoms with Crippen LogP contribution in [0.1, 0.15) is 0 Å². The topological polar surface area (TPSA) is 20.2 Å². The maximum Gasteiger partial charge on any atom is 0.116 e. The van der Waals surface area contributed by atoms with Crippen LogP contribution in [0.4, 0.5) is 0 Å². The second-order valence-electron chi connectivity index (χ2n) is 3.06. The van der Waals surface area contributed by atoms with Crippen LogP contribution in [0.3, 0.4) is 0 Å². The molecular formula is C12H7Cl2O. The zero-order valence-corrected chi connectivity index (χ0v) is 9.18. The Labute approximate surface area is 97.9 Å². The molecule has 1 N–H and O–H groups in total. The predicted octanol–water partition coefficient (Wildman–Crippen LogP) is 4.17. The van der Waals surface area contributed by atoms with Crippen LogP contribution in [0.5, 0.6) is 5.75 Å². The van der Waals surface area contributed by atoms with Gasteiger partial charge >= 0.3 is 0 Å². The van der Waals surface area contributed by atoms with E-state index in [0.29, 0.717) is 15.6 Å². The second-order valence-corrected chi connectivity index (χ2v) is 3.85. The van der Waals surface area contributed by atoms with Gasteiger partial charge in [0, 0.05) is 5.56 Å². The number of phenolic OH excluding ortho intramolecular Hbond substituents is 1. The number of phenols is 1. The summed E-state index contributed by atoms with van der Waals surface area (Å²) in [6.45, 7) is 0. The minimum Gasteiger partial charge on any atom is -0.508 e. The van der Waals surface area contributed by atoms with Crippen LogP contribution < -0.4 is 0 Å². The number of benzene rings is 2. The van der Waals surface area contributed by atoms with E-state index in [2.05, 4.69) is 6.07 Å². The van der Waals surface area contributed by atoms with E-state index < -0.39 is 0 Å². The Morgan fingerprint density at radius 1 is 1.13 bits per heavy atom. The molecule has 0 atom stereocenters. The summed E-state index contributed by atoms with van der Waals surface area (Å²) in [5.74, 6) is 0.192. The van der Waals surface area contributed by atoms with Crippen molar-refractivity contribution in [2.75, 3.05) is 0 Å². The first-order chi connectivity index (χ1) is 7.18. The third kappa shape index (κ3) is 2.09. The van der Waals surface area contributed by atoms with E-state index in [1.807, 2.05) is 6.07 Å². The minimum atomic E-state index is 0.192. The highest BCUT2D eigenvalue weighted by atomic mass is 35.5. The van der Waals surface area contributed by atoms with Gasteiger partial charge in [0.25, 0.3) is 0 Å². The number of hydrogen-bond donors (Lipinski definition) is 1. The summed E-state index contributed by atoms with van der Waals surface area (Å²) in [6.07, 6.45) is 0. The molecule has 0 spiro atoms. The molecule has 0 heterocycles. The van der Waals surface area contributed by atoms with Gasteiger partial charge in [-0.25, -0.2) is 0 Å². The van der Waals surface area contributed by atoms with E-state index in [1.54, 1.807) is 30.3 Å². The molecule has 3 heteroatoms. The normalized spacial score (nSPS) is 10.3. The highest BCUT2D eigenvalue weighted by Gasteiger charge is 2.07. The summed E-state index contributed by atoms with van der Waals surface area (Å²) < 4.78 is 0. The molecule has 0 aliphatic carbocycles. The summed E-state index contributed by atoms with van der Waals surface area (Å²) >= 11 is 11.9. The van der Waals surface area contributed by atoms with Crippen LogP contribution in [-0.4, -0.2) is 5.11 Å². The standard InChI is InChI=1S/C12H7Cl2O/c13-11-6-2-5-10(12(11)14)8-3-1-4-9(15)7-8/h1-4,6-7,15H. The van der Waals surface area contributed by atoms with Crippen molar-refractivity contribution in [3.05, 3.63) is 52.5 Å². The fourth-order valence-corrected chi connectivity index (χ4v) is 1.71. The molecule has 2 rings (SSSR count). The van der Waals surface area contributed by atoms with Gasteiger partial charge in [0.15, 0.2) is 0 Å². The Hall–Kier alpha value is -1.18. The van der Waals surface area contributed by atoms with Crippen molar-refractivity contribution in [2.45, 2.75) is 0 Å². The Morgan fingerprint density at radius 2 is 1.93 bits per heavy atom. The van der Waals surface area contributed by atoms with Gasteiger partial charge in [0.2, 0.25) is 0 Å². The molecule has 0 fully saturated rings. The lowest BCUT2D eigenvalue weighted by Crippen LogP contribution is -1.80. The molecule has 0 amide bonds. The van der Waals surface area contributed by atoms with E-state index in [-0.39, 0.29) is 5.75 Å². The van der Waals surface area contributed by atoms with Crippen molar-refractivity contribution >= 4 is 23.2 Å². The van der Waals surface area contributed by atoms with E-state index in [0.717, 1.165) is 5.56 Å². The molecule has 0 aromatic heterocycles. The molecule has 0 saturated heterocycles. The van der Waals surface area contributed by atoms with Crippen molar-refractivity contribution < 1.29 is 5.11 Å². The summed E-state index contributed by atoms with van der Waals surface area (Å²) in [4.78, 5) is 0. The van der Waals surface area contributed by atoms with Gasteiger partial charge in [0.05, 0.1) is 10.0 Å². The number of aromatic hydroxyl groups is 1. The molecule has 15 heavy (non-hydrogen) atoms. The summed E-state index contributed by atoms with van der Waals surface area (Å²) in [5.41, 5.74) is 1.49. The molecule has 0 aliphatic heterocycles. The first-order valence-corrected chi connectivity index (χ1v) is 5.09. The first-order valence-electron chi connectivity index (χ1n) is 4.33. The predicted molar refractivity (Wildman–Crippen MR) is 62.4 cm³/mol. The summed E-state index contributed by atoms with van der Waals surface area (Å²) in [6, 6.07) is 13.2. The van der Waals surface area contributed by atoms with Crippen LogP contribution in [0, 0.1) is 6.07 Å². The molecule has 1 nitrogen and oxygen atoms in total. The molecule has 0 aliphatic rings. The number of rotatable bonds is 1. The zero-order chi connectivity index (χ0) is 10.8. The van der Waals surface area contributed by atoms with Crippen LogP contribution in [-0.2, 0) is 0 Å². The van der Waals surface area contributed by atoms with Gasteiger partial charge in [-0.2, -0.15) is 0 Å². The van der Waals surface area contributed by atoms with Crippen molar-refractivity contribution in [1.82, 2.24) is 0 Å². The van der Waals surface area contributed by atoms with Crippen LogP contribution in [0.15, 0.2) is 36.4 Å². The Kier molecular flexibility index (Phi) is 2.85. The van der Waals surface area contributed by atoms with E-state index in [1.165, 1.54) is 0 Å². The fourth-order valence-electron chi connectivity index (χ4n) is 1.33. The lowest BCUT2D eigenvalue weighted by Gasteiger charge is -2.05. The van der Waals surface area contributed by atoms with Gasteiger partial charge in [0.1, 0.15) is 5.75 Å². The Bertz CT molecular complexity index is 495. The lowest BCUT2D eigenvalue weighted by molar-refractivity contribution is 0.475. The Balaban J connectivity index is 2.59. The van der Waals surface area contributed by atoms with Crippen molar-refractivity contribution in [2.24, 2.45) is 0 Å². The molecule has 2 aromatic carbocycles. The molecule has 0 saturated carbocycles. The molecule has 0 bridgehead atoms. The van der Waals surface area contributed by atoms with E-state index >= 15 is 0 Å². The van der Waals surface area contributed by atoms with Gasteiger partial charge in [-0.15, -0.1) is 0 Å². The molecule has 75 valence electrons. The smallest absolute Gasteiger partial charge is 0.116 e. The average molecular weight is 238 g/mol. The maximum absolute atomic E-state index is 9.34. The Morgan fingerprint density at radius 3 is 2.67 bits per heavy atom. The third-order valence-corrected chi connectivity index (χ3v) is 2.83. The second kappa shape index (κ2) is 4.13. The maximum atomic E-state index is 9.34. The highest BCUT2D eigenvalue weighted by Crippen LogP contribution is 2.33. The highest BCUT2D eigenvalue weighted by molar-refractivity contribution is 6.43. The fraction of sp³-hybridized carbons (Fsp3) is 0. The number of hydrogen-bond acceptors (Lipinski definition) is 1. The van der Waals surface area contributed by atoms with Gasteiger partial charge in [-0.1, -0.05) is 41.4 Å². The lowest BCUT2D eigenvalue weighted by atomic mass is 10.1. The summed E-state index contributed by atoms with van der Waals surface area (Å²) in [7, 11) is 0. The molecule has 2 aromatic rings. The van der Waals surface area contributed by atoms with Crippen LogP contribution in [0.25, 0.3) is 11.1 Å².